The number of rotatable bonds is 9. The molecule has 6 heterocycles. The molecule has 8 N–H and O–H groups in total. The Kier molecular flexibility index (Phi) is 7.75. The van der Waals surface area contributed by atoms with Gasteiger partial charge in [0, 0.05) is 6.42 Å². The van der Waals surface area contributed by atoms with Crippen LogP contribution in [0.5, 0.6) is 0 Å². The maximum absolute atomic E-state index is 13.1. The van der Waals surface area contributed by atoms with E-state index in [1.54, 1.807) is 0 Å². The van der Waals surface area contributed by atoms with Crippen LogP contribution < -0.4 is 21.9 Å². The van der Waals surface area contributed by atoms with Gasteiger partial charge in [-0.3, -0.25) is 42.1 Å². The number of phosphoric acid groups is 2. The molecule has 22 nitrogen and oxygen atoms in total. The second-order valence-electron chi connectivity index (χ2n) is 9.38. The first-order valence-electron chi connectivity index (χ1n) is 12.3. The van der Waals surface area contributed by atoms with Crippen LogP contribution >= 0.6 is 27.0 Å². The highest BCUT2D eigenvalue weighted by Crippen LogP contribution is 2.51. The number of ether oxygens (including phenoxy) is 2. The van der Waals surface area contributed by atoms with Gasteiger partial charge >= 0.3 is 20.5 Å². The number of aromatic amines is 1. The Bertz CT molecular complexity index is 1990. The maximum atomic E-state index is 13.1. The summed E-state index contributed by atoms with van der Waals surface area (Å²) in [7, 11) is -10.1. The number of hydrogen-bond acceptors (Lipinski definition) is 17. The zero-order chi connectivity index (χ0) is 31.6. The Labute approximate surface area is 246 Å². The van der Waals surface area contributed by atoms with Crippen molar-refractivity contribution in [2.24, 2.45) is 0 Å². The molecule has 6 rings (SSSR count). The van der Waals surface area contributed by atoms with Gasteiger partial charge in [0.05, 0.1) is 19.4 Å². The number of fused-ring (bicyclic) bond motifs is 2. The van der Waals surface area contributed by atoms with Gasteiger partial charge in [0.25, 0.3) is 5.56 Å². The average Bonchev–Trinajstić information content (AvgIpc) is 3.66. The molecular formula is C19H21N9O13P2S. The summed E-state index contributed by atoms with van der Waals surface area (Å²) in [5.74, 6) is -0.855. The molecule has 2 aliphatic heterocycles. The predicted octanol–water partition coefficient (Wildman–Crippen LogP) is -1.14. The van der Waals surface area contributed by atoms with Gasteiger partial charge in [-0.1, -0.05) is 11.3 Å². The van der Waals surface area contributed by atoms with Crippen molar-refractivity contribution in [3.8, 4) is 0 Å². The van der Waals surface area contributed by atoms with E-state index in [4.69, 9.17) is 30.0 Å². The molecule has 4 aromatic rings. The summed E-state index contributed by atoms with van der Waals surface area (Å²) in [5, 5.41) is 0. The minimum atomic E-state index is -5.11. The number of thiazole rings is 1. The van der Waals surface area contributed by atoms with Gasteiger partial charge in [-0.25, -0.2) is 24.1 Å². The van der Waals surface area contributed by atoms with E-state index in [1.165, 1.54) is 0 Å². The lowest BCUT2D eigenvalue weighted by molar-refractivity contribution is -0.134. The van der Waals surface area contributed by atoms with Crippen LogP contribution in [0.3, 0.4) is 0 Å². The van der Waals surface area contributed by atoms with E-state index in [0.29, 0.717) is 11.3 Å². The molecule has 2 saturated heterocycles. The van der Waals surface area contributed by atoms with Crippen molar-refractivity contribution in [3.63, 3.8) is 0 Å². The zero-order valence-electron chi connectivity index (χ0n) is 21.7. The van der Waals surface area contributed by atoms with Crippen LogP contribution in [0.25, 0.3) is 21.5 Å². The molecule has 0 aromatic carbocycles. The van der Waals surface area contributed by atoms with Crippen LogP contribution in [0.15, 0.2) is 22.2 Å². The van der Waals surface area contributed by atoms with Crippen LogP contribution in [-0.4, -0.2) is 79.6 Å². The predicted molar refractivity (Wildman–Crippen MR) is 144 cm³/mol. The quantitative estimate of drug-likeness (QED) is 0.114. The second-order valence-corrected chi connectivity index (χ2v) is 12.9. The van der Waals surface area contributed by atoms with Gasteiger partial charge in [-0.15, -0.1) is 0 Å². The fourth-order valence-corrected chi connectivity index (χ4v) is 6.94. The van der Waals surface area contributed by atoms with Crippen molar-refractivity contribution in [1.29, 1.82) is 0 Å². The number of phosphoric ester groups is 2. The van der Waals surface area contributed by atoms with Gasteiger partial charge in [-0.05, 0) is 0 Å². The van der Waals surface area contributed by atoms with E-state index in [9.17, 15) is 38.2 Å². The molecule has 0 amide bonds. The average molecular weight is 677 g/mol. The molecule has 0 aliphatic carbocycles. The number of aromatic nitrogens is 7. The van der Waals surface area contributed by atoms with E-state index in [-0.39, 0.29) is 39.7 Å². The van der Waals surface area contributed by atoms with E-state index in [1.807, 2.05) is 0 Å². The van der Waals surface area contributed by atoms with Gasteiger partial charge < -0.3 is 35.6 Å². The summed E-state index contributed by atoms with van der Waals surface area (Å²) in [5.41, 5.74) is 10.6. The molecule has 2 aliphatic rings. The summed E-state index contributed by atoms with van der Waals surface area (Å²) in [6, 6.07) is 0. The SMILES string of the molecule is Nc1nc2c(ncn2[C@@H]2O[C@H](OP(=O)(O)O[C@H]3C[C@H](n4c(=O)sc5c(N)ncnc54)O[C@@H]3COP(=O)(O)O)CC2=O)c(=O)[nH]1. The van der Waals surface area contributed by atoms with Crippen LogP contribution in [0.2, 0.25) is 0 Å². The number of nitrogens with zero attached hydrogens (tertiary/aromatic N) is 6. The van der Waals surface area contributed by atoms with E-state index in [0.717, 1.165) is 21.8 Å². The topological polar surface area (TPSA) is 321 Å². The third-order valence-electron chi connectivity index (χ3n) is 6.45. The highest BCUT2D eigenvalue weighted by molar-refractivity contribution is 7.47. The fraction of sp³-hybridized carbons (Fsp3) is 0.421. The molecule has 1 unspecified atom stereocenters. The molecule has 0 bridgehead atoms. The van der Waals surface area contributed by atoms with E-state index in [2.05, 4.69) is 29.4 Å². The number of nitrogens with two attached hydrogens (primary N) is 2. The Balaban J connectivity index is 1.20. The number of Topliss-reactive ketones (excluding diaryl/α,β-unsaturated/α-hetero) is 1. The minimum absolute atomic E-state index is 0.0236. The summed E-state index contributed by atoms with van der Waals surface area (Å²) >= 11 is 0.715. The van der Waals surface area contributed by atoms with Gasteiger partial charge in [0.1, 0.15) is 35.3 Å². The lowest BCUT2D eigenvalue weighted by Crippen LogP contribution is -2.29. The first-order chi connectivity index (χ1) is 20.7. The fourth-order valence-electron chi connectivity index (χ4n) is 4.69. The molecule has 236 valence electrons. The Morgan fingerprint density at radius 2 is 1.86 bits per heavy atom. The Morgan fingerprint density at radius 3 is 2.61 bits per heavy atom. The zero-order valence-corrected chi connectivity index (χ0v) is 24.3. The molecule has 2 fully saturated rings. The van der Waals surface area contributed by atoms with Crippen molar-refractivity contribution >= 4 is 66.0 Å². The third kappa shape index (κ3) is 5.95. The lowest BCUT2D eigenvalue weighted by Gasteiger charge is -2.23. The number of nitrogens with one attached hydrogen (secondary N) is 1. The smallest absolute Gasteiger partial charge is 0.382 e. The number of H-pyrrole nitrogens is 1. The first-order valence-corrected chi connectivity index (χ1v) is 16.1. The molecule has 4 aromatic heterocycles. The lowest BCUT2D eigenvalue weighted by atomic mass is 10.2. The molecule has 0 saturated carbocycles. The van der Waals surface area contributed by atoms with Gasteiger partial charge in [0.2, 0.25) is 5.95 Å². The van der Waals surface area contributed by atoms with Crippen LogP contribution in [0.1, 0.15) is 25.3 Å². The molecule has 44 heavy (non-hydrogen) atoms. The maximum Gasteiger partial charge on any atom is 0.474 e. The van der Waals surface area contributed by atoms with Crippen molar-refractivity contribution in [1.82, 2.24) is 34.1 Å². The van der Waals surface area contributed by atoms with Crippen molar-refractivity contribution < 1.29 is 51.6 Å². The van der Waals surface area contributed by atoms with Crippen molar-refractivity contribution in [2.75, 3.05) is 18.1 Å². The third-order valence-corrected chi connectivity index (χ3v) is 8.94. The highest BCUT2D eigenvalue weighted by atomic mass is 32.1. The standard InChI is InChI=1S/C19H21N9O13P2S/c20-13-12-15(23-4-22-13)28(19(31)44-12)9-2-7(8(38-9)3-37-42(32,33)34)40-43(35,36)41-10-1-6(29)17(39-10)27-5-24-11-14(27)25-18(21)26-16(11)30/h4-5,7-10,17H,1-3H2,(H,35,36)(H2,20,22,23)(H2,32,33,34)(H3,21,25,26,30)/t7-,8+,9+,10+,17+/m0/s1. The molecule has 6 atom stereocenters. The summed E-state index contributed by atoms with van der Waals surface area (Å²) in [6.45, 7) is -0.817. The monoisotopic (exact) mass is 677 g/mol. The van der Waals surface area contributed by atoms with Gasteiger partial charge in [0.15, 0.2) is 35.1 Å². The second kappa shape index (κ2) is 11.2. The number of hydrogen-bond donors (Lipinski definition) is 6. The number of nitrogen functional groups attached to an aromatic ring is 2. The summed E-state index contributed by atoms with van der Waals surface area (Å²) in [4.78, 5) is 83.9. The van der Waals surface area contributed by atoms with Crippen molar-refractivity contribution in [3.05, 3.63) is 32.7 Å². The number of imidazole rings is 1. The van der Waals surface area contributed by atoms with E-state index >= 15 is 0 Å². The largest absolute Gasteiger partial charge is 0.474 e. The number of carbonyl (C=O) groups excluding carboxylic acids is 1. The molecular weight excluding hydrogens is 656 g/mol. The number of ketones is 1. The summed E-state index contributed by atoms with van der Waals surface area (Å²) in [6.07, 6.45) is -5.73. The molecule has 25 heteroatoms. The Morgan fingerprint density at radius 1 is 1.09 bits per heavy atom. The Hall–Kier alpha value is -3.47. The number of anilines is 2. The molecule has 0 radical (unpaired) electrons. The van der Waals surface area contributed by atoms with Crippen molar-refractivity contribution in [2.45, 2.75) is 43.8 Å². The summed E-state index contributed by atoms with van der Waals surface area (Å²) < 4.78 is 53.0. The first kappa shape index (κ1) is 30.6. The normalized spacial score (nSPS) is 25.7. The van der Waals surface area contributed by atoms with E-state index < -0.39 is 75.8 Å². The van der Waals surface area contributed by atoms with Crippen LogP contribution in [0, 0.1) is 0 Å². The number of carbonyl (C=O) groups is 1. The highest BCUT2D eigenvalue weighted by Gasteiger charge is 2.46. The molecule has 0 spiro atoms. The van der Waals surface area contributed by atoms with Crippen LogP contribution in [0.4, 0.5) is 11.8 Å². The van der Waals surface area contributed by atoms with Gasteiger partial charge in [-0.2, -0.15) is 4.98 Å². The minimum Gasteiger partial charge on any atom is -0.382 e. The van der Waals surface area contributed by atoms with Crippen LogP contribution in [-0.2, 0) is 37.0 Å².